The summed E-state index contributed by atoms with van der Waals surface area (Å²) in [7, 11) is 1.58. The van der Waals surface area contributed by atoms with E-state index in [2.05, 4.69) is 15.3 Å². The van der Waals surface area contributed by atoms with Gasteiger partial charge in [-0.2, -0.15) is 0 Å². The van der Waals surface area contributed by atoms with Crippen LogP contribution < -0.4 is 15.8 Å². The molecule has 2 rings (SSSR count). The van der Waals surface area contributed by atoms with E-state index in [4.69, 9.17) is 22.1 Å². The Hall–Kier alpha value is -2.01. The maximum atomic E-state index is 6.01. The minimum absolute atomic E-state index is 0.496. The molecule has 0 aliphatic carbocycles. The van der Waals surface area contributed by atoms with Crippen molar-refractivity contribution in [2.45, 2.75) is 6.54 Å². The van der Waals surface area contributed by atoms with Crippen LogP contribution in [0.5, 0.6) is 5.88 Å². The maximum Gasteiger partial charge on any atom is 0.213 e. The SMILES string of the molecule is COc1cc(CNc2ncc(N)cc2Cl)ccn1. The number of nitrogens with zero attached hydrogens (tertiary/aromatic N) is 2. The zero-order valence-corrected chi connectivity index (χ0v) is 10.6. The average Bonchev–Trinajstić information content (AvgIpc) is 2.38. The number of hydrogen-bond donors (Lipinski definition) is 2. The molecule has 94 valence electrons. The summed E-state index contributed by atoms with van der Waals surface area (Å²) in [6, 6.07) is 5.39. The smallest absolute Gasteiger partial charge is 0.213 e. The molecule has 2 aromatic rings. The molecule has 3 N–H and O–H groups in total. The van der Waals surface area contributed by atoms with E-state index in [1.54, 1.807) is 25.6 Å². The number of hydrogen-bond acceptors (Lipinski definition) is 5. The molecule has 6 heteroatoms. The van der Waals surface area contributed by atoms with E-state index < -0.39 is 0 Å². The van der Waals surface area contributed by atoms with Gasteiger partial charge >= 0.3 is 0 Å². The lowest BCUT2D eigenvalue weighted by atomic mass is 10.2. The molecule has 0 atom stereocenters. The quantitative estimate of drug-likeness (QED) is 0.887. The lowest BCUT2D eigenvalue weighted by molar-refractivity contribution is 0.397. The standard InChI is InChI=1S/C12H13ClN4O/c1-18-11-4-8(2-3-15-11)6-16-12-10(13)5-9(14)7-17-12/h2-5,7H,6,14H2,1H3,(H,16,17). The zero-order valence-electron chi connectivity index (χ0n) is 9.85. The Bertz CT molecular complexity index is 547. The first-order valence-electron chi connectivity index (χ1n) is 5.33. The van der Waals surface area contributed by atoms with E-state index in [0.717, 1.165) is 5.56 Å². The van der Waals surface area contributed by atoms with Gasteiger partial charge < -0.3 is 15.8 Å². The lowest BCUT2D eigenvalue weighted by Gasteiger charge is -2.08. The summed E-state index contributed by atoms with van der Waals surface area (Å²) in [6.45, 7) is 0.579. The molecule has 5 nitrogen and oxygen atoms in total. The second-order valence-corrected chi connectivity index (χ2v) is 4.07. The molecule has 0 amide bonds. The van der Waals surface area contributed by atoms with Gasteiger partial charge in [-0.05, 0) is 17.7 Å². The molecule has 0 aliphatic heterocycles. The predicted molar refractivity (Wildman–Crippen MR) is 71.8 cm³/mol. The van der Waals surface area contributed by atoms with Crippen LogP contribution in [0.3, 0.4) is 0 Å². The van der Waals surface area contributed by atoms with Crippen LogP contribution >= 0.6 is 11.6 Å². The van der Waals surface area contributed by atoms with E-state index in [0.29, 0.717) is 29.0 Å². The first-order valence-corrected chi connectivity index (χ1v) is 5.70. The summed E-state index contributed by atoms with van der Waals surface area (Å²) < 4.78 is 5.05. The molecular formula is C12H13ClN4O. The molecular weight excluding hydrogens is 252 g/mol. The third kappa shape index (κ3) is 3.01. The predicted octanol–water partition coefficient (Wildman–Crippen LogP) is 2.33. The van der Waals surface area contributed by atoms with Crippen molar-refractivity contribution in [3.05, 3.63) is 41.2 Å². The normalized spacial score (nSPS) is 10.1. The van der Waals surface area contributed by atoms with Crippen LogP contribution in [0, 0.1) is 0 Å². The molecule has 0 saturated heterocycles. The van der Waals surface area contributed by atoms with Crippen molar-refractivity contribution >= 4 is 23.1 Å². The molecule has 2 heterocycles. The molecule has 0 radical (unpaired) electrons. The van der Waals surface area contributed by atoms with Crippen molar-refractivity contribution in [3.63, 3.8) is 0 Å². The van der Waals surface area contributed by atoms with E-state index in [1.165, 1.54) is 0 Å². The van der Waals surface area contributed by atoms with Crippen molar-refractivity contribution in [2.75, 3.05) is 18.2 Å². The highest BCUT2D eigenvalue weighted by atomic mass is 35.5. The highest BCUT2D eigenvalue weighted by Gasteiger charge is 2.03. The molecule has 0 saturated carbocycles. The van der Waals surface area contributed by atoms with Gasteiger partial charge in [-0.1, -0.05) is 11.6 Å². The van der Waals surface area contributed by atoms with Crippen molar-refractivity contribution in [2.24, 2.45) is 0 Å². The lowest BCUT2D eigenvalue weighted by Crippen LogP contribution is -2.03. The number of anilines is 2. The summed E-state index contributed by atoms with van der Waals surface area (Å²) in [6.07, 6.45) is 3.25. The number of nitrogen functional groups attached to an aromatic ring is 1. The zero-order chi connectivity index (χ0) is 13.0. The van der Waals surface area contributed by atoms with Crippen molar-refractivity contribution < 1.29 is 4.74 Å². The minimum Gasteiger partial charge on any atom is -0.481 e. The van der Waals surface area contributed by atoms with Crippen LogP contribution in [0.4, 0.5) is 11.5 Å². The Balaban J connectivity index is 2.06. The van der Waals surface area contributed by atoms with E-state index in [-0.39, 0.29) is 0 Å². The fourth-order valence-electron chi connectivity index (χ4n) is 1.44. The fraction of sp³-hybridized carbons (Fsp3) is 0.167. The van der Waals surface area contributed by atoms with Gasteiger partial charge in [0.1, 0.15) is 5.82 Å². The Morgan fingerprint density at radius 2 is 2.22 bits per heavy atom. The average molecular weight is 265 g/mol. The first kappa shape index (κ1) is 12.4. The van der Waals surface area contributed by atoms with Crippen molar-refractivity contribution in [3.8, 4) is 5.88 Å². The third-order valence-corrected chi connectivity index (χ3v) is 2.62. The molecule has 0 bridgehead atoms. The van der Waals surface area contributed by atoms with E-state index in [1.807, 2.05) is 12.1 Å². The highest BCUT2D eigenvalue weighted by molar-refractivity contribution is 6.33. The van der Waals surface area contributed by atoms with Gasteiger partial charge in [0.15, 0.2) is 0 Å². The van der Waals surface area contributed by atoms with Crippen LogP contribution in [-0.2, 0) is 6.54 Å². The van der Waals surface area contributed by atoms with Gasteiger partial charge in [0.25, 0.3) is 0 Å². The molecule has 0 unspecified atom stereocenters. The Morgan fingerprint density at radius 1 is 1.39 bits per heavy atom. The molecule has 0 fully saturated rings. The molecule has 0 aliphatic rings. The van der Waals surface area contributed by atoms with Crippen LogP contribution in [0.25, 0.3) is 0 Å². The number of halogens is 1. The van der Waals surface area contributed by atoms with Gasteiger partial charge in [-0.25, -0.2) is 9.97 Å². The Labute approximate surface area is 110 Å². The number of rotatable bonds is 4. The summed E-state index contributed by atoms with van der Waals surface area (Å²) in [5, 5.41) is 3.62. The Morgan fingerprint density at radius 3 is 2.94 bits per heavy atom. The Kier molecular flexibility index (Phi) is 3.84. The highest BCUT2D eigenvalue weighted by Crippen LogP contribution is 2.21. The number of ether oxygens (including phenoxy) is 1. The topological polar surface area (TPSA) is 73.1 Å². The number of aromatic nitrogens is 2. The molecule has 0 spiro atoms. The van der Waals surface area contributed by atoms with Crippen LogP contribution in [0.15, 0.2) is 30.6 Å². The summed E-state index contributed by atoms with van der Waals surface area (Å²) in [5.41, 5.74) is 7.14. The summed E-state index contributed by atoms with van der Waals surface area (Å²) in [4.78, 5) is 8.15. The van der Waals surface area contributed by atoms with Gasteiger partial charge in [0.2, 0.25) is 5.88 Å². The van der Waals surface area contributed by atoms with Crippen LogP contribution in [0.2, 0.25) is 5.02 Å². The van der Waals surface area contributed by atoms with Gasteiger partial charge in [-0.15, -0.1) is 0 Å². The minimum atomic E-state index is 0.496. The number of pyridine rings is 2. The number of nitrogens with two attached hydrogens (primary N) is 1. The van der Waals surface area contributed by atoms with Gasteiger partial charge in [0, 0.05) is 18.8 Å². The van der Waals surface area contributed by atoms with E-state index >= 15 is 0 Å². The largest absolute Gasteiger partial charge is 0.481 e. The maximum absolute atomic E-state index is 6.01. The first-order chi connectivity index (χ1) is 8.69. The second-order valence-electron chi connectivity index (χ2n) is 3.66. The fourth-order valence-corrected chi connectivity index (χ4v) is 1.68. The molecule has 18 heavy (non-hydrogen) atoms. The summed E-state index contributed by atoms with van der Waals surface area (Å²) >= 11 is 6.01. The monoisotopic (exact) mass is 264 g/mol. The summed E-state index contributed by atoms with van der Waals surface area (Å²) in [5.74, 6) is 1.17. The van der Waals surface area contributed by atoms with Gasteiger partial charge in [0.05, 0.1) is 24.0 Å². The van der Waals surface area contributed by atoms with Gasteiger partial charge in [-0.3, -0.25) is 0 Å². The molecule has 0 aromatic carbocycles. The number of nitrogens with one attached hydrogen (secondary N) is 1. The molecule has 2 aromatic heterocycles. The van der Waals surface area contributed by atoms with Crippen molar-refractivity contribution in [1.82, 2.24) is 9.97 Å². The second kappa shape index (κ2) is 5.55. The van der Waals surface area contributed by atoms with E-state index in [9.17, 15) is 0 Å². The third-order valence-electron chi connectivity index (χ3n) is 2.33. The van der Waals surface area contributed by atoms with Crippen molar-refractivity contribution in [1.29, 1.82) is 0 Å². The van der Waals surface area contributed by atoms with Crippen LogP contribution in [0.1, 0.15) is 5.56 Å². The van der Waals surface area contributed by atoms with Crippen LogP contribution in [-0.4, -0.2) is 17.1 Å². The number of methoxy groups -OCH3 is 1.